The summed E-state index contributed by atoms with van der Waals surface area (Å²) in [6.07, 6.45) is 5.53. The summed E-state index contributed by atoms with van der Waals surface area (Å²) in [5.41, 5.74) is 7.56. The summed E-state index contributed by atoms with van der Waals surface area (Å²) in [5.74, 6) is 0.899. The van der Waals surface area contributed by atoms with Crippen molar-refractivity contribution in [3.8, 4) is 5.75 Å². The van der Waals surface area contributed by atoms with Gasteiger partial charge >= 0.3 is 0 Å². The number of carbonyl (C=O) groups is 2. The molecule has 6 heteroatoms. The standard InChI is InChI=1S/C26H35N3O3/c27-15-5-2-6-16-28-25(30)19-23-10-7-17-29(23)26(31)18-21-11-13-24(14-12-21)32-20-22-8-3-1-4-9-22/h1,3-4,8-9,11-14,23H,2,5-7,10,15-20,27H2,(H,28,30). The predicted molar refractivity (Wildman–Crippen MR) is 126 cm³/mol. The zero-order valence-corrected chi connectivity index (χ0v) is 18.8. The Kier molecular flexibility index (Phi) is 9.57. The van der Waals surface area contributed by atoms with Crippen LogP contribution in [0.3, 0.4) is 0 Å². The summed E-state index contributed by atoms with van der Waals surface area (Å²) in [6.45, 7) is 2.62. The fraction of sp³-hybridized carbons (Fsp3) is 0.462. The summed E-state index contributed by atoms with van der Waals surface area (Å²) < 4.78 is 5.82. The fourth-order valence-corrected chi connectivity index (χ4v) is 4.06. The van der Waals surface area contributed by atoms with E-state index in [9.17, 15) is 9.59 Å². The summed E-state index contributed by atoms with van der Waals surface area (Å²) in [5, 5.41) is 2.98. The molecule has 2 amide bonds. The number of rotatable bonds is 12. The van der Waals surface area contributed by atoms with Gasteiger partial charge in [-0.05, 0) is 55.5 Å². The Balaban J connectivity index is 1.43. The molecule has 1 saturated heterocycles. The first kappa shape index (κ1) is 23.8. The van der Waals surface area contributed by atoms with E-state index in [0.717, 1.165) is 55.5 Å². The van der Waals surface area contributed by atoms with Gasteiger partial charge in [0.25, 0.3) is 0 Å². The smallest absolute Gasteiger partial charge is 0.227 e. The minimum atomic E-state index is 0.0000192. The van der Waals surface area contributed by atoms with Gasteiger partial charge in [-0.2, -0.15) is 0 Å². The first-order valence-electron chi connectivity index (χ1n) is 11.7. The van der Waals surface area contributed by atoms with Crippen molar-refractivity contribution < 1.29 is 14.3 Å². The molecule has 0 aliphatic carbocycles. The largest absolute Gasteiger partial charge is 0.489 e. The molecule has 0 saturated carbocycles. The highest BCUT2D eigenvalue weighted by Crippen LogP contribution is 2.22. The zero-order chi connectivity index (χ0) is 22.6. The second kappa shape index (κ2) is 12.9. The fourth-order valence-electron chi connectivity index (χ4n) is 4.06. The number of nitrogens with one attached hydrogen (secondary N) is 1. The molecule has 0 spiro atoms. The lowest BCUT2D eigenvalue weighted by molar-refractivity contribution is -0.132. The van der Waals surface area contributed by atoms with Crippen LogP contribution in [0.2, 0.25) is 0 Å². The molecule has 6 nitrogen and oxygen atoms in total. The molecule has 0 aromatic heterocycles. The summed E-state index contributed by atoms with van der Waals surface area (Å²) >= 11 is 0. The van der Waals surface area contributed by atoms with E-state index in [-0.39, 0.29) is 17.9 Å². The lowest BCUT2D eigenvalue weighted by atomic mass is 10.1. The monoisotopic (exact) mass is 437 g/mol. The summed E-state index contributed by atoms with van der Waals surface area (Å²) in [6, 6.07) is 17.7. The van der Waals surface area contributed by atoms with Crippen molar-refractivity contribution in [3.63, 3.8) is 0 Å². The highest BCUT2D eigenvalue weighted by Gasteiger charge is 2.30. The molecule has 1 aliphatic rings. The van der Waals surface area contributed by atoms with E-state index < -0.39 is 0 Å². The van der Waals surface area contributed by atoms with E-state index in [1.165, 1.54) is 0 Å². The number of benzene rings is 2. The van der Waals surface area contributed by atoms with E-state index in [2.05, 4.69) is 5.32 Å². The Bertz CT molecular complexity index is 839. The highest BCUT2D eigenvalue weighted by molar-refractivity contribution is 5.81. The quantitative estimate of drug-likeness (QED) is 0.498. The second-order valence-electron chi connectivity index (χ2n) is 8.38. The predicted octanol–water partition coefficient (Wildman–Crippen LogP) is 3.43. The topological polar surface area (TPSA) is 84.7 Å². The molecule has 1 unspecified atom stereocenters. The van der Waals surface area contributed by atoms with Crippen LogP contribution in [0.4, 0.5) is 0 Å². The molecule has 2 aromatic rings. The van der Waals surface area contributed by atoms with E-state index in [1.54, 1.807) is 0 Å². The van der Waals surface area contributed by atoms with Gasteiger partial charge in [-0.25, -0.2) is 0 Å². The van der Waals surface area contributed by atoms with Gasteiger partial charge in [0.2, 0.25) is 11.8 Å². The van der Waals surface area contributed by atoms with Gasteiger partial charge in [0.05, 0.1) is 6.42 Å². The number of hydrogen-bond acceptors (Lipinski definition) is 4. The van der Waals surface area contributed by atoms with Crippen molar-refractivity contribution in [1.82, 2.24) is 10.2 Å². The van der Waals surface area contributed by atoms with E-state index >= 15 is 0 Å². The zero-order valence-electron chi connectivity index (χ0n) is 18.8. The first-order valence-corrected chi connectivity index (χ1v) is 11.7. The number of nitrogens with zero attached hydrogens (tertiary/aromatic N) is 1. The number of unbranched alkanes of at least 4 members (excludes halogenated alkanes) is 2. The maximum atomic E-state index is 12.9. The molecule has 1 fully saturated rings. The van der Waals surface area contributed by atoms with Gasteiger partial charge < -0.3 is 20.7 Å². The van der Waals surface area contributed by atoms with Crippen LogP contribution in [-0.2, 0) is 22.6 Å². The van der Waals surface area contributed by atoms with Gasteiger partial charge in [-0.1, -0.05) is 48.9 Å². The molecule has 0 radical (unpaired) electrons. The number of ether oxygens (including phenoxy) is 1. The molecule has 172 valence electrons. The van der Waals surface area contributed by atoms with Crippen LogP contribution >= 0.6 is 0 Å². The lowest BCUT2D eigenvalue weighted by Crippen LogP contribution is -2.40. The minimum absolute atomic E-state index is 0.0000192. The van der Waals surface area contributed by atoms with Crippen LogP contribution in [-0.4, -0.2) is 42.4 Å². The molecule has 1 heterocycles. The molecule has 2 aromatic carbocycles. The molecule has 1 aliphatic heterocycles. The van der Waals surface area contributed by atoms with Crippen LogP contribution in [0.15, 0.2) is 54.6 Å². The maximum absolute atomic E-state index is 12.9. The Labute approximate surface area is 191 Å². The van der Waals surface area contributed by atoms with Crippen LogP contribution in [0.5, 0.6) is 5.75 Å². The molecule has 3 N–H and O–H groups in total. The number of likely N-dealkylation sites (tertiary alicyclic amines) is 1. The second-order valence-corrected chi connectivity index (χ2v) is 8.38. The van der Waals surface area contributed by atoms with Crippen LogP contribution in [0, 0.1) is 0 Å². The number of hydrogen-bond donors (Lipinski definition) is 2. The van der Waals surface area contributed by atoms with E-state index in [1.807, 2.05) is 59.5 Å². The van der Waals surface area contributed by atoms with Crippen molar-refractivity contribution in [3.05, 3.63) is 65.7 Å². The molecule has 1 atom stereocenters. The SMILES string of the molecule is NCCCCCNC(=O)CC1CCCN1C(=O)Cc1ccc(OCc2ccccc2)cc1. The first-order chi connectivity index (χ1) is 15.7. The van der Waals surface area contributed by atoms with Crippen molar-refractivity contribution >= 4 is 11.8 Å². The molecule has 32 heavy (non-hydrogen) atoms. The van der Waals surface area contributed by atoms with Gasteiger partial charge in [-0.15, -0.1) is 0 Å². The lowest BCUT2D eigenvalue weighted by Gasteiger charge is -2.24. The Hall–Kier alpha value is -2.86. The molecular formula is C26H35N3O3. The molecule has 3 rings (SSSR count). The van der Waals surface area contributed by atoms with E-state index in [4.69, 9.17) is 10.5 Å². The van der Waals surface area contributed by atoms with Crippen molar-refractivity contribution in [2.75, 3.05) is 19.6 Å². The summed E-state index contributed by atoms with van der Waals surface area (Å²) in [7, 11) is 0. The van der Waals surface area contributed by atoms with Crippen LogP contribution in [0.1, 0.15) is 49.7 Å². The van der Waals surface area contributed by atoms with Gasteiger partial charge in [0.1, 0.15) is 12.4 Å². The number of nitrogens with two attached hydrogens (primary N) is 1. The maximum Gasteiger partial charge on any atom is 0.227 e. The van der Waals surface area contributed by atoms with Gasteiger partial charge in [0.15, 0.2) is 0 Å². The van der Waals surface area contributed by atoms with Crippen molar-refractivity contribution in [1.29, 1.82) is 0 Å². The van der Waals surface area contributed by atoms with Crippen LogP contribution in [0.25, 0.3) is 0 Å². The Morgan fingerprint density at radius 1 is 1.00 bits per heavy atom. The Morgan fingerprint density at radius 2 is 1.78 bits per heavy atom. The number of carbonyl (C=O) groups excluding carboxylic acids is 2. The van der Waals surface area contributed by atoms with Gasteiger partial charge in [-0.3, -0.25) is 9.59 Å². The molecular weight excluding hydrogens is 402 g/mol. The van der Waals surface area contributed by atoms with E-state index in [0.29, 0.717) is 32.5 Å². The normalized spacial score (nSPS) is 15.5. The third-order valence-corrected chi connectivity index (χ3v) is 5.85. The van der Waals surface area contributed by atoms with Crippen molar-refractivity contribution in [2.45, 2.75) is 57.6 Å². The molecule has 0 bridgehead atoms. The average molecular weight is 438 g/mol. The Morgan fingerprint density at radius 3 is 2.53 bits per heavy atom. The third kappa shape index (κ3) is 7.68. The number of amides is 2. The van der Waals surface area contributed by atoms with Crippen molar-refractivity contribution in [2.24, 2.45) is 5.73 Å². The third-order valence-electron chi connectivity index (χ3n) is 5.85. The van der Waals surface area contributed by atoms with Crippen LogP contribution < -0.4 is 15.8 Å². The summed E-state index contributed by atoms with van der Waals surface area (Å²) in [4.78, 5) is 27.0. The van der Waals surface area contributed by atoms with Gasteiger partial charge in [0, 0.05) is 25.6 Å². The highest BCUT2D eigenvalue weighted by atomic mass is 16.5. The minimum Gasteiger partial charge on any atom is -0.489 e. The average Bonchev–Trinajstić information content (AvgIpc) is 3.27.